The third kappa shape index (κ3) is 3.98. The van der Waals surface area contributed by atoms with Crippen molar-refractivity contribution in [1.82, 2.24) is 9.97 Å². The molecule has 0 aliphatic carbocycles. The fourth-order valence-electron chi connectivity index (χ4n) is 1.75. The maximum atomic E-state index is 4.34. The molecule has 1 aromatic heterocycles. The lowest BCUT2D eigenvalue weighted by molar-refractivity contribution is 0.422. The lowest BCUT2D eigenvalue weighted by Gasteiger charge is -2.22. The van der Waals surface area contributed by atoms with Crippen LogP contribution in [-0.4, -0.2) is 9.97 Å². The van der Waals surface area contributed by atoms with Crippen molar-refractivity contribution >= 4 is 0 Å². The van der Waals surface area contributed by atoms with Gasteiger partial charge in [0.2, 0.25) is 0 Å². The molecule has 15 heavy (non-hydrogen) atoms. The standard InChI is InChI=1S/C13H22N2/c1-4-5-6-7-9-13(2,3)12-14-10-8-11-15-12/h8,10-11H,4-7,9H2,1-3H3. The first-order chi connectivity index (χ1) is 7.17. The first kappa shape index (κ1) is 12.2. The van der Waals surface area contributed by atoms with Crippen LogP contribution in [0.5, 0.6) is 0 Å². The molecule has 0 amide bonds. The molecule has 1 heterocycles. The Morgan fingerprint density at radius 2 is 1.73 bits per heavy atom. The van der Waals surface area contributed by atoms with Crippen LogP contribution >= 0.6 is 0 Å². The van der Waals surface area contributed by atoms with Crippen LogP contribution in [0, 0.1) is 0 Å². The predicted octanol–water partition coefficient (Wildman–Crippen LogP) is 3.72. The Morgan fingerprint density at radius 1 is 1.07 bits per heavy atom. The van der Waals surface area contributed by atoms with Crippen molar-refractivity contribution < 1.29 is 0 Å². The minimum atomic E-state index is 0.120. The number of unbranched alkanes of at least 4 members (excludes halogenated alkanes) is 3. The summed E-state index contributed by atoms with van der Waals surface area (Å²) in [6.07, 6.45) is 10.1. The van der Waals surface area contributed by atoms with Gasteiger partial charge in [0.25, 0.3) is 0 Å². The monoisotopic (exact) mass is 206 g/mol. The molecule has 0 spiro atoms. The van der Waals surface area contributed by atoms with Gasteiger partial charge in [0.05, 0.1) is 0 Å². The summed E-state index contributed by atoms with van der Waals surface area (Å²) in [5.74, 6) is 0.974. The molecule has 0 radical (unpaired) electrons. The summed E-state index contributed by atoms with van der Waals surface area (Å²) in [4.78, 5) is 8.68. The number of rotatable bonds is 6. The van der Waals surface area contributed by atoms with Gasteiger partial charge in [0, 0.05) is 17.8 Å². The zero-order chi connectivity index (χ0) is 11.1. The third-order valence-corrected chi connectivity index (χ3v) is 2.83. The summed E-state index contributed by atoms with van der Waals surface area (Å²) in [6.45, 7) is 6.70. The van der Waals surface area contributed by atoms with E-state index in [0.717, 1.165) is 5.82 Å². The molecule has 2 nitrogen and oxygen atoms in total. The van der Waals surface area contributed by atoms with Gasteiger partial charge in [0.1, 0.15) is 5.82 Å². The number of aromatic nitrogens is 2. The topological polar surface area (TPSA) is 25.8 Å². The molecule has 0 saturated heterocycles. The molecular weight excluding hydrogens is 184 g/mol. The SMILES string of the molecule is CCCCCCC(C)(C)c1ncccn1. The summed E-state index contributed by atoms with van der Waals surface area (Å²) in [6, 6.07) is 1.87. The predicted molar refractivity (Wildman–Crippen MR) is 63.8 cm³/mol. The van der Waals surface area contributed by atoms with E-state index in [2.05, 4.69) is 30.7 Å². The second-order valence-corrected chi connectivity index (χ2v) is 4.77. The smallest absolute Gasteiger partial charge is 0.133 e. The quantitative estimate of drug-likeness (QED) is 0.663. The summed E-state index contributed by atoms with van der Waals surface area (Å²) in [7, 11) is 0. The van der Waals surface area contributed by atoms with Crippen molar-refractivity contribution in [2.75, 3.05) is 0 Å². The highest BCUT2D eigenvalue weighted by molar-refractivity contribution is 5.03. The van der Waals surface area contributed by atoms with Gasteiger partial charge >= 0.3 is 0 Å². The zero-order valence-corrected chi connectivity index (χ0v) is 10.2. The molecule has 0 unspecified atom stereocenters. The van der Waals surface area contributed by atoms with Crippen molar-refractivity contribution in [3.63, 3.8) is 0 Å². The Morgan fingerprint density at radius 3 is 2.33 bits per heavy atom. The molecule has 1 aromatic rings. The van der Waals surface area contributed by atoms with Crippen molar-refractivity contribution in [3.05, 3.63) is 24.3 Å². The van der Waals surface area contributed by atoms with E-state index in [1.807, 2.05) is 18.5 Å². The van der Waals surface area contributed by atoms with Gasteiger partial charge in [0.15, 0.2) is 0 Å². The second kappa shape index (κ2) is 5.84. The normalized spacial score (nSPS) is 11.7. The van der Waals surface area contributed by atoms with E-state index in [1.54, 1.807) is 0 Å². The van der Waals surface area contributed by atoms with E-state index in [-0.39, 0.29) is 5.41 Å². The van der Waals surface area contributed by atoms with Crippen molar-refractivity contribution in [3.8, 4) is 0 Å². The van der Waals surface area contributed by atoms with Gasteiger partial charge in [-0.3, -0.25) is 0 Å². The lowest BCUT2D eigenvalue weighted by atomic mass is 9.86. The van der Waals surface area contributed by atoms with Crippen LogP contribution < -0.4 is 0 Å². The molecule has 0 atom stereocenters. The molecule has 0 aliphatic rings. The average molecular weight is 206 g/mol. The van der Waals surface area contributed by atoms with Crippen molar-refractivity contribution in [1.29, 1.82) is 0 Å². The average Bonchev–Trinajstić information content (AvgIpc) is 2.26. The zero-order valence-electron chi connectivity index (χ0n) is 10.2. The molecule has 2 heteroatoms. The Labute approximate surface area is 93.2 Å². The fraction of sp³-hybridized carbons (Fsp3) is 0.692. The van der Waals surface area contributed by atoms with Crippen LogP contribution in [0.2, 0.25) is 0 Å². The van der Waals surface area contributed by atoms with Crippen LogP contribution in [0.15, 0.2) is 18.5 Å². The first-order valence-electron chi connectivity index (χ1n) is 5.94. The molecule has 0 aliphatic heterocycles. The van der Waals surface area contributed by atoms with E-state index in [4.69, 9.17) is 0 Å². The Kier molecular flexibility index (Phi) is 4.73. The highest BCUT2D eigenvalue weighted by Gasteiger charge is 2.22. The molecule has 84 valence electrons. The second-order valence-electron chi connectivity index (χ2n) is 4.77. The minimum Gasteiger partial charge on any atom is -0.241 e. The van der Waals surface area contributed by atoms with Gasteiger partial charge in [-0.1, -0.05) is 46.5 Å². The van der Waals surface area contributed by atoms with E-state index < -0.39 is 0 Å². The molecule has 0 aromatic carbocycles. The molecule has 0 saturated carbocycles. The maximum absolute atomic E-state index is 4.34. The number of hydrogen-bond donors (Lipinski definition) is 0. The highest BCUT2D eigenvalue weighted by Crippen LogP contribution is 2.25. The van der Waals surface area contributed by atoms with Gasteiger partial charge in [-0.25, -0.2) is 9.97 Å². The van der Waals surface area contributed by atoms with Crippen LogP contribution in [-0.2, 0) is 5.41 Å². The van der Waals surface area contributed by atoms with Gasteiger partial charge in [-0.05, 0) is 12.5 Å². The van der Waals surface area contributed by atoms with Crippen LogP contribution in [0.3, 0.4) is 0 Å². The molecule has 0 N–H and O–H groups in total. The van der Waals surface area contributed by atoms with Crippen LogP contribution in [0.25, 0.3) is 0 Å². The number of hydrogen-bond acceptors (Lipinski definition) is 2. The molecule has 0 bridgehead atoms. The molecule has 1 rings (SSSR count). The Bertz CT molecular complexity index is 267. The summed E-state index contributed by atoms with van der Waals surface area (Å²) in [5, 5.41) is 0. The lowest BCUT2D eigenvalue weighted by Crippen LogP contribution is -2.20. The fourth-order valence-corrected chi connectivity index (χ4v) is 1.75. The van der Waals surface area contributed by atoms with Gasteiger partial charge in [-0.15, -0.1) is 0 Å². The summed E-state index contributed by atoms with van der Waals surface area (Å²) in [5.41, 5.74) is 0.120. The largest absolute Gasteiger partial charge is 0.241 e. The minimum absolute atomic E-state index is 0.120. The Hall–Kier alpha value is -0.920. The van der Waals surface area contributed by atoms with Crippen LogP contribution in [0.1, 0.15) is 58.7 Å². The summed E-state index contributed by atoms with van der Waals surface area (Å²) >= 11 is 0. The highest BCUT2D eigenvalue weighted by atomic mass is 14.9. The Balaban J connectivity index is 2.45. The summed E-state index contributed by atoms with van der Waals surface area (Å²) < 4.78 is 0. The van der Waals surface area contributed by atoms with Crippen LogP contribution in [0.4, 0.5) is 0 Å². The van der Waals surface area contributed by atoms with Gasteiger partial charge in [-0.2, -0.15) is 0 Å². The van der Waals surface area contributed by atoms with E-state index in [0.29, 0.717) is 0 Å². The van der Waals surface area contributed by atoms with E-state index in [9.17, 15) is 0 Å². The number of nitrogens with zero attached hydrogens (tertiary/aromatic N) is 2. The van der Waals surface area contributed by atoms with E-state index in [1.165, 1.54) is 32.1 Å². The maximum Gasteiger partial charge on any atom is 0.133 e. The van der Waals surface area contributed by atoms with Gasteiger partial charge < -0.3 is 0 Å². The molecular formula is C13H22N2. The van der Waals surface area contributed by atoms with E-state index >= 15 is 0 Å². The van der Waals surface area contributed by atoms with Crippen molar-refractivity contribution in [2.45, 2.75) is 58.3 Å². The first-order valence-corrected chi connectivity index (χ1v) is 5.94. The van der Waals surface area contributed by atoms with Crippen molar-refractivity contribution in [2.24, 2.45) is 0 Å². The third-order valence-electron chi connectivity index (χ3n) is 2.83. The molecule has 0 fully saturated rings.